The van der Waals surface area contributed by atoms with Crippen molar-refractivity contribution in [3.63, 3.8) is 0 Å². The van der Waals surface area contributed by atoms with Crippen LogP contribution in [0.3, 0.4) is 0 Å². The monoisotopic (exact) mass is 204 g/mol. The van der Waals surface area contributed by atoms with E-state index in [2.05, 4.69) is 5.32 Å². The third kappa shape index (κ3) is 3.79. The van der Waals surface area contributed by atoms with Crippen LogP contribution in [0, 0.1) is 11.3 Å². The molecule has 15 heavy (non-hydrogen) atoms. The van der Waals surface area contributed by atoms with Crippen LogP contribution in [0.2, 0.25) is 0 Å². The van der Waals surface area contributed by atoms with E-state index in [1.54, 1.807) is 24.3 Å². The number of nitriles is 1. The standard InChI is InChI=1S/C11H12N2O2/c12-7-6-10(14)8-13-11(15)9-4-2-1-3-5-9/h1-5,10,14H,6,8H2,(H,13,15)/t10-/m0/s1. The second-order valence-corrected chi connectivity index (χ2v) is 3.09. The maximum absolute atomic E-state index is 11.4. The summed E-state index contributed by atoms with van der Waals surface area (Å²) in [5.74, 6) is -0.243. The number of aliphatic hydroxyl groups excluding tert-OH is 1. The van der Waals surface area contributed by atoms with Crippen LogP contribution in [0.1, 0.15) is 16.8 Å². The van der Waals surface area contributed by atoms with Gasteiger partial charge in [-0.05, 0) is 12.1 Å². The molecule has 0 saturated carbocycles. The summed E-state index contributed by atoms with van der Waals surface area (Å²) in [4.78, 5) is 11.4. The van der Waals surface area contributed by atoms with Crippen LogP contribution in [0.5, 0.6) is 0 Å². The Morgan fingerprint density at radius 1 is 1.47 bits per heavy atom. The molecule has 2 N–H and O–H groups in total. The number of benzene rings is 1. The smallest absolute Gasteiger partial charge is 0.251 e. The molecule has 1 rings (SSSR count). The van der Waals surface area contributed by atoms with Gasteiger partial charge < -0.3 is 10.4 Å². The van der Waals surface area contributed by atoms with Crippen LogP contribution in [-0.2, 0) is 0 Å². The van der Waals surface area contributed by atoms with Gasteiger partial charge in [-0.15, -0.1) is 0 Å². The van der Waals surface area contributed by atoms with Crippen molar-refractivity contribution in [2.24, 2.45) is 0 Å². The Kier molecular flexibility index (Phi) is 4.32. The summed E-state index contributed by atoms with van der Waals surface area (Å²) in [7, 11) is 0. The molecule has 1 atom stereocenters. The van der Waals surface area contributed by atoms with Gasteiger partial charge in [0.2, 0.25) is 0 Å². The number of hydrogen-bond donors (Lipinski definition) is 2. The maximum atomic E-state index is 11.4. The molecule has 0 fully saturated rings. The van der Waals surface area contributed by atoms with Crippen molar-refractivity contribution in [1.29, 1.82) is 5.26 Å². The van der Waals surface area contributed by atoms with Crippen LogP contribution in [0.25, 0.3) is 0 Å². The van der Waals surface area contributed by atoms with Crippen LogP contribution in [0.4, 0.5) is 0 Å². The molecule has 0 radical (unpaired) electrons. The van der Waals surface area contributed by atoms with E-state index < -0.39 is 6.10 Å². The summed E-state index contributed by atoms with van der Waals surface area (Å²) in [6.45, 7) is 0.0985. The summed E-state index contributed by atoms with van der Waals surface area (Å²) in [6, 6.07) is 10.6. The number of carbonyl (C=O) groups excluding carboxylic acids is 1. The van der Waals surface area contributed by atoms with Gasteiger partial charge in [-0.2, -0.15) is 5.26 Å². The van der Waals surface area contributed by atoms with Crippen LogP contribution in [0.15, 0.2) is 30.3 Å². The lowest BCUT2D eigenvalue weighted by molar-refractivity contribution is 0.0918. The van der Waals surface area contributed by atoms with Crippen molar-refractivity contribution in [1.82, 2.24) is 5.32 Å². The topological polar surface area (TPSA) is 73.1 Å². The molecule has 4 heteroatoms. The highest BCUT2D eigenvalue weighted by atomic mass is 16.3. The molecule has 0 bridgehead atoms. The second kappa shape index (κ2) is 5.78. The first-order valence-corrected chi connectivity index (χ1v) is 4.62. The van der Waals surface area contributed by atoms with Gasteiger partial charge in [-0.1, -0.05) is 18.2 Å². The molecule has 0 unspecified atom stereocenters. The van der Waals surface area contributed by atoms with Crippen molar-refractivity contribution in [2.75, 3.05) is 6.54 Å². The molecule has 0 aliphatic rings. The highest BCUT2D eigenvalue weighted by Crippen LogP contribution is 1.98. The Balaban J connectivity index is 2.41. The van der Waals surface area contributed by atoms with E-state index in [0.717, 1.165) is 0 Å². The van der Waals surface area contributed by atoms with Crippen LogP contribution < -0.4 is 5.32 Å². The lowest BCUT2D eigenvalue weighted by atomic mass is 10.2. The number of rotatable bonds is 4. The molecule has 0 spiro atoms. The average Bonchev–Trinajstić information content (AvgIpc) is 2.27. The predicted octanol–water partition coefficient (Wildman–Crippen LogP) is 0.691. The Labute approximate surface area is 88.2 Å². The van der Waals surface area contributed by atoms with Gasteiger partial charge >= 0.3 is 0 Å². The molecular formula is C11H12N2O2. The number of carbonyl (C=O) groups is 1. The number of hydrogen-bond acceptors (Lipinski definition) is 3. The van der Waals surface area contributed by atoms with Crippen molar-refractivity contribution in [3.8, 4) is 6.07 Å². The summed E-state index contributed by atoms with van der Waals surface area (Å²) in [5.41, 5.74) is 0.543. The van der Waals surface area contributed by atoms with E-state index in [-0.39, 0.29) is 18.9 Å². The first-order chi connectivity index (χ1) is 7.24. The second-order valence-electron chi connectivity index (χ2n) is 3.09. The Morgan fingerprint density at radius 2 is 2.13 bits per heavy atom. The van der Waals surface area contributed by atoms with Crippen molar-refractivity contribution in [2.45, 2.75) is 12.5 Å². The van der Waals surface area contributed by atoms with Gasteiger partial charge in [0.25, 0.3) is 5.91 Å². The zero-order valence-electron chi connectivity index (χ0n) is 8.18. The van der Waals surface area contributed by atoms with Crippen molar-refractivity contribution in [3.05, 3.63) is 35.9 Å². The molecule has 0 aliphatic carbocycles. The van der Waals surface area contributed by atoms with Gasteiger partial charge in [0.05, 0.1) is 18.6 Å². The normalized spacial score (nSPS) is 11.5. The molecule has 1 amide bonds. The van der Waals surface area contributed by atoms with E-state index in [9.17, 15) is 9.90 Å². The molecule has 0 heterocycles. The van der Waals surface area contributed by atoms with Crippen molar-refractivity contribution < 1.29 is 9.90 Å². The first kappa shape index (κ1) is 11.2. The fourth-order valence-electron chi connectivity index (χ4n) is 1.08. The molecule has 0 saturated heterocycles. The largest absolute Gasteiger partial charge is 0.390 e. The SMILES string of the molecule is N#CC[C@H](O)CNC(=O)c1ccccc1. The lowest BCUT2D eigenvalue weighted by Crippen LogP contribution is -2.31. The van der Waals surface area contributed by atoms with Crippen LogP contribution >= 0.6 is 0 Å². The van der Waals surface area contributed by atoms with Gasteiger partial charge in [-0.25, -0.2) is 0 Å². The third-order valence-corrected chi connectivity index (χ3v) is 1.86. The fourth-order valence-corrected chi connectivity index (χ4v) is 1.08. The number of aliphatic hydroxyl groups is 1. The molecule has 4 nitrogen and oxygen atoms in total. The number of nitrogens with one attached hydrogen (secondary N) is 1. The van der Waals surface area contributed by atoms with Gasteiger partial charge in [0.15, 0.2) is 0 Å². The molecule has 1 aromatic rings. The Hall–Kier alpha value is -1.86. The molecule has 1 aromatic carbocycles. The molecular weight excluding hydrogens is 192 g/mol. The predicted molar refractivity (Wildman–Crippen MR) is 55.0 cm³/mol. The lowest BCUT2D eigenvalue weighted by Gasteiger charge is -2.08. The number of amides is 1. The highest BCUT2D eigenvalue weighted by Gasteiger charge is 2.07. The molecule has 0 aliphatic heterocycles. The van der Waals surface area contributed by atoms with Gasteiger partial charge in [0, 0.05) is 12.1 Å². The van der Waals surface area contributed by atoms with Crippen molar-refractivity contribution >= 4 is 5.91 Å². The minimum Gasteiger partial charge on any atom is -0.390 e. The fraction of sp³-hybridized carbons (Fsp3) is 0.273. The summed E-state index contributed by atoms with van der Waals surface area (Å²) in [5, 5.41) is 20.0. The van der Waals surface area contributed by atoms with E-state index in [0.29, 0.717) is 5.56 Å². The third-order valence-electron chi connectivity index (χ3n) is 1.86. The zero-order valence-corrected chi connectivity index (χ0v) is 8.18. The van der Waals surface area contributed by atoms with Gasteiger partial charge in [-0.3, -0.25) is 4.79 Å². The minimum absolute atomic E-state index is 0.0229. The minimum atomic E-state index is -0.803. The molecule has 0 aromatic heterocycles. The maximum Gasteiger partial charge on any atom is 0.251 e. The Bertz CT molecular complexity index is 357. The van der Waals surface area contributed by atoms with Gasteiger partial charge in [0.1, 0.15) is 0 Å². The summed E-state index contributed by atoms with van der Waals surface area (Å²) in [6.07, 6.45) is -0.780. The highest BCUT2D eigenvalue weighted by molar-refractivity contribution is 5.94. The van der Waals surface area contributed by atoms with E-state index in [4.69, 9.17) is 5.26 Å². The first-order valence-electron chi connectivity index (χ1n) is 4.62. The van der Waals surface area contributed by atoms with E-state index >= 15 is 0 Å². The Morgan fingerprint density at radius 3 is 2.73 bits per heavy atom. The average molecular weight is 204 g/mol. The van der Waals surface area contributed by atoms with E-state index in [1.807, 2.05) is 12.1 Å². The van der Waals surface area contributed by atoms with E-state index in [1.165, 1.54) is 0 Å². The molecule has 78 valence electrons. The van der Waals surface area contributed by atoms with Crippen LogP contribution in [-0.4, -0.2) is 23.7 Å². The number of nitrogens with zero attached hydrogens (tertiary/aromatic N) is 1. The summed E-state index contributed by atoms with van der Waals surface area (Å²) >= 11 is 0. The zero-order chi connectivity index (χ0) is 11.1. The quantitative estimate of drug-likeness (QED) is 0.757. The summed E-state index contributed by atoms with van der Waals surface area (Å²) < 4.78 is 0.